The van der Waals surface area contributed by atoms with Crippen molar-refractivity contribution < 1.29 is 18.3 Å². The molecule has 3 rings (SSSR count). The number of rotatable bonds is 4. The lowest BCUT2D eigenvalue weighted by molar-refractivity contribution is -0.139. The third-order valence-corrected chi connectivity index (χ3v) is 5.25. The summed E-state index contributed by atoms with van der Waals surface area (Å²) in [5.41, 5.74) is 1.18. The summed E-state index contributed by atoms with van der Waals surface area (Å²) in [6, 6.07) is 12.4. The van der Waals surface area contributed by atoms with Gasteiger partial charge in [-0.2, -0.15) is 8.42 Å². The maximum Gasteiger partial charge on any atom is 0.326 e. The van der Waals surface area contributed by atoms with Crippen molar-refractivity contribution in [3.8, 4) is 0 Å². The topological polar surface area (TPSA) is 95.8 Å². The monoisotopic (exact) mass is 362 g/mol. The Balaban J connectivity index is 1.87. The van der Waals surface area contributed by atoms with Crippen LogP contribution in [-0.4, -0.2) is 31.4 Å². The number of thiol groups is 1. The first-order chi connectivity index (χ1) is 11.4. The van der Waals surface area contributed by atoms with Gasteiger partial charge in [-0.05, 0) is 29.8 Å². The molecule has 6 nitrogen and oxygen atoms in total. The number of nitrogens with one attached hydrogen (secondary N) is 1. The van der Waals surface area contributed by atoms with Crippen LogP contribution >= 0.6 is 12.6 Å². The summed E-state index contributed by atoms with van der Waals surface area (Å²) >= 11 is 4.19. The Kier molecular flexibility index (Phi) is 4.33. The zero-order chi connectivity index (χ0) is 17.3. The molecule has 2 aromatic carbocycles. The van der Waals surface area contributed by atoms with Crippen molar-refractivity contribution in [3.63, 3.8) is 0 Å². The molecule has 0 saturated heterocycles. The van der Waals surface area contributed by atoms with E-state index in [0.29, 0.717) is 5.56 Å². The zero-order valence-corrected chi connectivity index (χ0v) is 14.1. The minimum atomic E-state index is -3.78. The van der Waals surface area contributed by atoms with E-state index < -0.39 is 22.0 Å². The molecule has 0 radical (unpaired) electrons. The van der Waals surface area contributed by atoms with Crippen molar-refractivity contribution >= 4 is 34.5 Å². The van der Waals surface area contributed by atoms with Crippen LogP contribution in [0.3, 0.4) is 0 Å². The van der Waals surface area contributed by atoms with E-state index in [9.17, 15) is 18.3 Å². The van der Waals surface area contributed by atoms with Crippen LogP contribution < -0.4 is 5.32 Å². The van der Waals surface area contributed by atoms with E-state index in [-0.39, 0.29) is 17.2 Å². The summed E-state index contributed by atoms with van der Waals surface area (Å²) < 4.78 is 27.7. The molecule has 0 aromatic heterocycles. The molecule has 2 aromatic rings. The van der Waals surface area contributed by atoms with Crippen molar-refractivity contribution in [2.45, 2.75) is 22.3 Å². The predicted molar refractivity (Wildman–Crippen MR) is 92.1 cm³/mol. The molecular weight excluding hydrogens is 348 g/mol. The first-order valence-electron chi connectivity index (χ1n) is 7.08. The summed E-state index contributed by atoms with van der Waals surface area (Å²) in [7, 11) is -3.78. The van der Waals surface area contributed by atoms with Crippen LogP contribution in [0.1, 0.15) is 11.1 Å². The molecule has 0 saturated carbocycles. The van der Waals surface area contributed by atoms with E-state index >= 15 is 0 Å². The fraction of sp³-hybridized carbons (Fsp3) is 0.125. The van der Waals surface area contributed by atoms with E-state index in [1.807, 2.05) is 0 Å². The van der Waals surface area contributed by atoms with E-state index in [2.05, 4.69) is 22.3 Å². The summed E-state index contributed by atoms with van der Waals surface area (Å²) in [4.78, 5) is 12.4. The summed E-state index contributed by atoms with van der Waals surface area (Å²) in [5.74, 6) is -1.03. The summed E-state index contributed by atoms with van der Waals surface area (Å²) in [5, 5.41) is 12.2. The minimum absolute atomic E-state index is 0.0591. The van der Waals surface area contributed by atoms with Gasteiger partial charge >= 0.3 is 5.97 Å². The first-order valence-corrected chi connectivity index (χ1v) is 8.97. The highest BCUT2D eigenvalue weighted by Gasteiger charge is 2.31. The lowest BCUT2D eigenvalue weighted by Gasteiger charge is -2.16. The number of nitrogens with zero attached hydrogens (tertiary/aromatic N) is 1. The molecule has 24 heavy (non-hydrogen) atoms. The normalized spacial score (nSPS) is 16.1. The van der Waals surface area contributed by atoms with Gasteiger partial charge in [0.2, 0.25) is 0 Å². The van der Waals surface area contributed by atoms with Gasteiger partial charge in [0.05, 0.1) is 0 Å². The Labute approximate surface area is 144 Å². The van der Waals surface area contributed by atoms with Crippen molar-refractivity contribution in [1.82, 2.24) is 5.32 Å². The lowest BCUT2D eigenvalue weighted by Crippen LogP contribution is -2.42. The van der Waals surface area contributed by atoms with Crippen LogP contribution in [-0.2, 0) is 21.2 Å². The first kappa shape index (κ1) is 16.5. The number of carbonyl (C=O) groups is 1. The third kappa shape index (κ3) is 3.29. The molecule has 1 aliphatic heterocycles. The standard InChI is InChI=1S/C16H14N2O4S2/c19-16(20)13(9-10-5-7-11(23)8-6-10)17-15-12-3-1-2-4-14(12)24(21,22)18-15/h1-8,13,23H,9H2,(H,17,18)(H,19,20)/t13-/m0/s1. The van der Waals surface area contributed by atoms with Gasteiger partial charge in [0, 0.05) is 16.9 Å². The minimum Gasteiger partial charge on any atom is -0.480 e. The molecule has 124 valence electrons. The Morgan fingerprint density at radius 3 is 2.50 bits per heavy atom. The number of hydrogen-bond donors (Lipinski definition) is 3. The van der Waals surface area contributed by atoms with Gasteiger partial charge in [-0.3, -0.25) is 0 Å². The van der Waals surface area contributed by atoms with Gasteiger partial charge in [0.15, 0.2) is 0 Å². The number of aliphatic carboxylic acids is 1. The van der Waals surface area contributed by atoms with Crippen LogP contribution in [0.15, 0.2) is 62.7 Å². The van der Waals surface area contributed by atoms with Crippen LogP contribution in [0.25, 0.3) is 0 Å². The van der Waals surface area contributed by atoms with Crippen LogP contribution in [0.4, 0.5) is 0 Å². The van der Waals surface area contributed by atoms with Gasteiger partial charge in [-0.1, -0.05) is 24.3 Å². The fourth-order valence-electron chi connectivity index (χ4n) is 2.44. The summed E-state index contributed by atoms with van der Waals surface area (Å²) in [6.07, 6.45) is 0.185. The molecule has 0 unspecified atom stereocenters. The van der Waals surface area contributed by atoms with E-state index in [1.165, 1.54) is 6.07 Å². The smallest absolute Gasteiger partial charge is 0.326 e. The SMILES string of the molecule is O=C(O)[C@H](Cc1ccc(S)cc1)NC1=NS(=O)(=O)c2ccccc21. The molecule has 0 aliphatic carbocycles. The third-order valence-electron chi connectivity index (χ3n) is 3.62. The number of fused-ring (bicyclic) bond motifs is 1. The molecule has 1 aliphatic rings. The zero-order valence-electron chi connectivity index (χ0n) is 12.4. The van der Waals surface area contributed by atoms with Crippen molar-refractivity contribution in [3.05, 3.63) is 59.7 Å². The lowest BCUT2D eigenvalue weighted by atomic mass is 10.1. The Morgan fingerprint density at radius 2 is 1.83 bits per heavy atom. The van der Waals surface area contributed by atoms with Gasteiger partial charge in [-0.25, -0.2) is 4.79 Å². The van der Waals surface area contributed by atoms with Gasteiger partial charge < -0.3 is 10.4 Å². The number of benzene rings is 2. The molecular formula is C16H14N2O4S2. The number of carboxylic acid groups (broad SMARTS) is 1. The summed E-state index contributed by atoms with van der Waals surface area (Å²) in [6.45, 7) is 0. The number of sulfonamides is 1. The van der Waals surface area contributed by atoms with Crippen LogP contribution in [0, 0.1) is 0 Å². The van der Waals surface area contributed by atoms with Crippen molar-refractivity contribution in [2.24, 2.45) is 4.40 Å². The van der Waals surface area contributed by atoms with Gasteiger partial charge in [-0.15, -0.1) is 17.0 Å². The second-order valence-corrected chi connectivity index (χ2v) is 7.41. The number of hydrogen-bond acceptors (Lipinski definition) is 5. The molecule has 0 spiro atoms. The molecule has 1 atom stereocenters. The number of amidine groups is 1. The van der Waals surface area contributed by atoms with Gasteiger partial charge in [0.25, 0.3) is 10.0 Å². The molecule has 0 bridgehead atoms. The Morgan fingerprint density at radius 1 is 1.17 bits per heavy atom. The highest BCUT2D eigenvalue weighted by molar-refractivity contribution is 7.90. The van der Waals surface area contributed by atoms with E-state index in [4.69, 9.17) is 0 Å². The fourth-order valence-corrected chi connectivity index (χ4v) is 3.77. The van der Waals surface area contributed by atoms with Crippen LogP contribution in [0.5, 0.6) is 0 Å². The second-order valence-electron chi connectivity index (χ2n) is 5.32. The maximum atomic E-state index is 12.0. The van der Waals surface area contributed by atoms with Crippen LogP contribution in [0.2, 0.25) is 0 Å². The largest absolute Gasteiger partial charge is 0.480 e. The second kappa shape index (κ2) is 6.29. The highest BCUT2D eigenvalue weighted by Crippen LogP contribution is 2.25. The molecule has 0 amide bonds. The van der Waals surface area contributed by atoms with E-state index in [0.717, 1.165) is 10.5 Å². The predicted octanol–water partition coefficient (Wildman–Crippen LogP) is 1.71. The Bertz CT molecular complexity index is 921. The number of carboxylic acids is 1. The molecule has 1 heterocycles. The van der Waals surface area contributed by atoms with Crippen molar-refractivity contribution in [2.75, 3.05) is 0 Å². The van der Waals surface area contributed by atoms with Crippen molar-refractivity contribution in [1.29, 1.82) is 0 Å². The average molecular weight is 362 g/mol. The molecule has 2 N–H and O–H groups in total. The van der Waals surface area contributed by atoms with Gasteiger partial charge in [0.1, 0.15) is 16.8 Å². The molecule has 8 heteroatoms. The quantitative estimate of drug-likeness (QED) is 0.720. The highest BCUT2D eigenvalue weighted by atomic mass is 32.2. The average Bonchev–Trinajstić information content (AvgIpc) is 2.80. The van der Waals surface area contributed by atoms with E-state index in [1.54, 1.807) is 42.5 Å². The Hall–Kier alpha value is -2.32. The maximum absolute atomic E-state index is 12.0. The molecule has 0 fully saturated rings.